The maximum absolute atomic E-state index is 11.3. The number of hydrogen-bond acceptors (Lipinski definition) is 4. The Morgan fingerprint density at radius 2 is 2.07 bits per heavy atom. The van der Waals surface area contributed by atoms with E-state index in [-0.39, 0.29) is 6.42 Å². The lowest BCUT2D eigenvalue weighted by molar-refractivity contribution is -0.509. The normalized spacial score (nSPS) is 11.8. The van der Waals surface area contributed by atoms with Gasteiger partial charge in [0, 0.05) is 11.3 Å². The van der Waals surface area contributed by atoms with Gasteiger partial charge in [0.1, 0.15) is 5.75 Å². The van der Waals surface area contributed by atoms with Crippen LogP contribution in [0.15, 0.2) is 30.3 Å². The lowest BCUT2D eigenvalue weighted by atomic mass is 10.2. The van der Waals surface area contributed by atoms with Gasteiger partial charge in [0.25, 0.3) is 0 Å². The van der Waals surface area contributed by atoms with Crippen LogP contribution in [0.2, 0.25) is 0 Å². The fraction of sp³-hybridized carbons (Fsp3) is 0.300. The molecule has 0 spiro atoms. The van der Waals surface area contributed by atoms with Crippen LogP contribution in [0, 0.1) is 10.1 Å². The number of carbonyl (C=O) groups is 1. The molecule has 15 heavy (non-hydrogen) atoms. The molecular formula is C10H11NO4. The Balaban J connectivity index is 2.66. The smallest absolute Gasteiger partial charge is 0.387 e. The summed E-state index contributed by atoms with van der Waals surface area (Å²) in [6, 6.07) is 7.01. The Labute approximate surface area is 86.8 Å². The van der Waals surface area contributed by atoms with E-state index >= 15 is 0 Å². The second-order valence-electron chi connectivity index (χ2n) is 2.94. The molecule has 5 nitrogen and oxygen atoms in total. The van der Waals surface area contributed by atoms with E-state index in [0.29, 0.717) is 5.75 Å². The minimum absolute atomic E-state index is 0.124. The zero-order valence-corrected chi connectivity index (χ0v) is 8.25. The first-order valence-corrected chi connectivity index (χ1v) is 4.55. The predicted molar refractivity (Wildman–Crippen MR) is 53.2 cm³/mol. The highest BCUT2D eigenvalue weighted by molar-refractivity contribution is 5.76. The minimum Gasteiger partial charge on any atom is -0.421 e. The van der Waals surface area contributed by atoms with Crippen molar-refractivity contribution in [2.45, 2.75) is 19.4 Å². The molecule has 0 aliphatic rings. The van der Waals surface area contributed by atoms with Crippen molar-refractivity contribution >= 4 is 5.97 Å². The number of esters is 1. The number of para-hydroxylation sites is 1. The van der Waals surface area contributed by atoms with E-state index in [1.54, 1.807) is 37.3 Å². The molecule has 1 aromatic rings. The molecule has 0 fully saturated rings. The Kier molecular flexibility index (Phi) is 3.79. The largest absolute Gasteiger partial charge is 0.421 e. The van der Waals surface area contributed by atoms with Crippen LogP contribution in [-0.2, 0) is 4.79 Å². The summed E-state index contributed by atoms with van der Waals surface area (Å²) < 4.78 is 4.85. The Hall–Kier alpha value is -1.91. The van der Waals surface area contributed by atoms with Crippen LogP contribution in [0.5, 0.6) is 5.75 Å². The van der Waals surface area contributed by atoms with E-state index in [1.165, 1.54) is 0 Å². The highest BCUT2D eigenvalue weighted by atomic mass is 16.6. The van der Waals surface area contributed by atoms with Gasteiger partial charge in [0.15, 0.2) is 0 Å². The molecule has 5 heteroatoms. The van der Waals surface area contributed by atoms with Crippen molar-refractivity contribution in [1.29, 1.82) is 0 Å². The first-order chi connectivity index (χ1) is 7.15. The standard InChI is InChI=1S/C10H11NO4/c1-2-9(11(13)14)10(12)15-8-6-4-3-5-7-8/h3-7,9H,2H2,1H3. The van der Waals surface area contributed by atoms with Crippen molar-refractivity contribution in [2.24, 2.45) is 0 Å². The summed E-state index contributed by atoms with van der Waals surface area (Å²) in [4.78, 5) is 21.2. The van der Waals surface area contributed by atoms with Gasteiger partial charge in [0.2, 0.25) is 0 Å². The van der Waals surface area contributed by atoms with Crippen LogP contribution >= 0.6 is 0 Å². The van der Waals surface area contributed by atoms with Crippen LogP contribution < -0.4 is 4.74 Å². The van der Waals surface area contributed by atoms with Gasteiger partial charge in [-0.25, -0.2) is 4.79 Å². The minimum atomic E-state index is -1.29. The fourth-order valence-corrected chi connectivity index (χ4v) is 1.07. The number of carbonyl (C=O) groups excluding carboxylic acids is 1. The van der Waals surface area contributed by atoms with Gasteiger partial charge in [-0.2, -0.15) is 0 Å². The molecule has 0 radical (unpaired) electrons. The topological polar surface area (TPSA) is 69.4 Å². The summed E-state index contributed by atoms with van der Waals surface area (Å²) in [5.41, 5.74) is 0. The summed E-state index contributed by atoms with van der Waals surface area (Å²) in [5, 5.41) is 10.5. The first-order valence-electron chi connectivity index (χ1n) is 4.55. The maximum Gasteiger partial charge on any atom is 0.387 e. The van der Waals surface area contributed by atoms with Gasteiger partial charge in [-0.3, -0.25) is 10.1 Å². The molecule has 0 aromatic heterocycles. The second kappa shape index (κ2) is 5.09. The molecule has 0 heterocycles. The Morgan fingerprint density at radius 3 is 2.53 bits per heavy atom. The second-order valence-corrected chi connectivity index (χ2v) is 2.94. The fourth-order valence-electron chi connectivity index (χ4n) is 1.07. The summed E-state index contributed by atoms with van der Waals surface area (Å²) in [6.45, 7) is 1.57. The molecule has 1 rings (SSSR count). The zero-order valence-electron chi connectivity index (χ0n) is 8.25. The van der Waals surface area contributed by atoms with E-state index in [2.05, 4.69) is 0 Å². The van der Waals surface area contributed by atoms with Gasteiger partial charge in [-0.15, -0.1) is 0 Å². The van der Waals surface area contributed by atoms with Crippen LogP contribution in [0.4, 0.5) is 0 Å². The number of hydrogen-bond donors (Lipinski definition) is 0. The van der Waals surface area contributed by atoms with Crippen LogP contribution in [0.1, 0.15) is 13.3 Å². The lowest BCUT2D eigenvalue weighted by Crippen LogP contribution is -2.32. The predicted octanol–water partition coefficient (Wildman–Crippen LogP) is 1.65. The summed E-state index contributed by atoms with van der Waals surface area (Å²) in [7, 11) is 0. The van der Waals surface area contributed by atoms with Crippen molar-refractivity contribution in [3.05, 3.63) is 40.4 Å². The molecule has 1 aromatic carbocycles. The molecule has 0 saturated carbocycles. The molecule has 0 N–H and O–H groups in total. The molecule has 1 atom stereocenters. The molecule has 0 aliphatic heterocycles. The Bertz CT molecular complexity index is 350. The van der Waals surface area contributed by atoms with Crippen molar-refractivity contribution in [2.75, 3.05) is 0 Å². The zero-order chi connectivity index (χ0) is 11.3. The van der Waals surface area contributed by atoms with Gasteiger partial charge in [0.05, 0.1) is 0 Å². The first kappa shape index (κ1) is 11.2. The molecule has 0 bridgehead atoms. The van der Waals surface area contributed by atoms with Crippen molar-refractivity contribution in [1.82, 2.24) is 0 Å². The number of ether oxygens (including phenoxy) is 1. The number of nitro groups is 1. The molecule has 0 saturated heterocycles. The third-order valence-corrected chi connectivity index (χ3v) is 1.87. The van der Waals surface area contributed by atoms with Crippen molar-refractivity contribution in [3.8, 4) is 5.75 Å². The van der Waals surface area contributed by atoms with E-state index in [1.807, 2.05) is 0 Å². The number of rotatable bonds is 4. The van der Waals surface area contributed by atoms with Crippen molar-refractivity contribution < 1.29 is 14.5 Å². The summed E-state index contributed by atoms with van der Waals surface area (Å²) in [5.74, 6) is -0.503. The number of benzene rings is 1. The molecule has 1 unspecified atom stereocenters. The average molecular weight is 209 g/mol. The maximum atomic E-state index is 11.3. The van der Waals surface area contributed by atoms with Gasteiger partial charge in [-0.1, -0.05) is 25.1 Å². The van der Waals surface area contributed by atoms with Crippen LogP contribution in [-0.4, -0.2) is 16.9 Å². The SMILES string of the molecule is CCC(C(=O)Oc1ccccc1)[N+](=O)[O-]. The summed E-state index contributed by atoms with van der Waals surface area (Å²) >= 11 is 0. The van der Waals surface area contributed by atoms with Crippen LogP contribution in [0.3, 0.4) is 0 Å². The van der Waals surface area contributed by atoms with Gasteiger partial charge in [-0.05, 0) is 12.1 Å². The molecular weight excluding hydrogens is 198 g/mol. The highest BCUT2D eigenvalue weighted by Crippen LogP contribution is 2.10. The third kappa shape index (κ3) is 3.05. The molecule has 0 aliphatic carbocycles. The average Bonchev–Trinajstić information content (AvgIpc) is 2.19. The third-order valence-electron chi connectivity index (χ3n) is 1.87. The van der Waals surface area contributed by atoms with E-state index in [9.17, 15) is 14.9 Å². The molecule has 0 amide bonds. The monoisotopic (exact) mass is 209 g/mol. The molecule has 80 valence electrons. The highest BCUT2D eigenvalue weighted by Gasteiger charge is 2.29. The Morgan fingerprint density at radius 1 is 1.47 bits per heavy atom. The lowest BCUT2D eigenvalue weighted by Gasteiger charge is -2.06. The van der Waals surface area contributed by atoms with E-state index < -0.39 is 16.9 Å². The number of nitrogens with zero attached hydrogens (tertiary/aromatic N) is 1. The summed E-state index contributed by atoms with van der Waals surface area (Å²) in [6.07, 6.45) is 0.124. The quantitative estimate of drug-likeness (QED) is 0.327. The van der Waals surface area contributed by atoms with E-state index in [4.69, 9.17) is 4.74 Å². The van der Waals surface area contributed by atoms with Gasteiger partial charge < -0.3 is 4.74 Å². The van der Waals surface area contributed by atoms with Crippen molar-refractivity contribution in [3.63, 3.8) is 0 Å². The van der Waals surface area contributed by atoms with E-state index in [0.717, 1.165) is 0 Å². The van der Waals surface area contributed by atoms with Gasteiger partial charge >= 0.3 is 12.0 Å². The van der Waals surface area contributed by atoms with Crippen LogP contribution in [0.25, 0.3) is 0 Å².